The van der Waals surface area contributed by atoms with Gasteiger partial charge in [-0.1, -0.05) is 32.0 Å². The maximum Gasteiger partial charge on any atom is 0.125 e. The zero-order chi connectivity index (χ0) is 10.4. The molecule has 86 valence electrons. The van der Waals surface area contributed by atoms with Crippen LogP contribution in [0.3, 0.4) is 0 Å². The maximum atomic E-state index is 5.67. The Morgan fingerprint density at radius 2 is 1.67 bits per heavy atom. The van der Waals surface area contributed by atoms with E-state index in [0.29, 0.717) is 13.2 Å². The molecule has 1 aromatic rings. The lowest BCUT2D eigenvalue weighted by atomic mass is 10.1. The predicted octanol–water partition coefficient (Wildman–Crippen LogP) is 2.57. The highest BCUT2D eigenvalue weighted by Crippen LogP contribution is 2.24. The Morgan fingerprint density at radius 1 is 1.13 bits per heavy atom. The van der Waals surface area contributed by atoms with E-state index in [1.807, 2.05) is 0 Å². The molecule has 0 amide bonds. The van der Waals surface area contributed by atoms with E-state index in [2.05, 4.69) is 32.0 Å². The van der Waals surface area contributed by atoms with Crippen LogP contribution < -0.4 is 10.5 Å². The molecule has 0 radical (unpaired) electrons. The lowest BCUT2D eigenvalue weighted by molar-refractivity contribution is 0.322. The summed E-state index contributed by atoms with van der Waals surface area (Å²) < 4.78 is 5.67. The highest BCUT2D eigenvalue weighted by atomic mass is 35.5. The summed E-state index contributed by atoms with van der Waals surface area (Å²) >= 11 is 0. The molecule has 2 N–H and O–H groups in total. The van der Waals surface area contributed by atoms with Gasteiger partial charge in [-0.3, -0.25) is 0 Å². The fraction of sp³-hybridized carbons (Fsp3) is 0.500. The Kier molecular flexibility index (Phi) is 7.18. The van der Waals surface area contributed by atoms with Crippen molar-refractivity contribution in [2.75, 3.05) is 13.2 Å². The van der Waals surface area contributed by atoms with E-state index in [9.17, 15) is 0 Å². The van der Waals surface area contributed by atoms with Crippen LogP contribution in [0.15, 0.2) is 18.2 Å². The summed E-state index contributed by atoms with van der Waals surface area (Å²) in [7, 11) is 0. The molecule has 1 aromatic carbocycles. The molecule has 3 heteroatoms. The Morgan fingerprint density at radius 3 is 2.07 bits per heavy atom. The van der Waals surface area contributed by atoms with Crippen molar-refractivity contribution in [2.24, 2.45) is 5.73 Å². The van der Waals surface area contributed by atoms with Crippen LogP contribution in [0.4, 0.5) is 0 Å². The van der Waals surface area contributed by atoms with Crippen LogP contribution in [0.1, 0.15) is 25.0 Å². The van der Waals surface area contributed by atoms with Gasteiger partial charge in [0.25, 0.3) is 0 Å². The highest BCUT2D eigenvalue weighted by molar-refractivity contribution is 5.85. The summed E-state index contributed by atoms with van der Waals surface area (Å²) in [6.07, 6.45) is 2.02. The van der Waals surface area contributed by atoms with Crippen LogP contribution in [-0.2, 0) is 12.8 Å². The number of hydrogen-bond acceptors (Lipinski definition) is 2. The Balaban J connectivity index is 0.00000196. The van der Waals surface area contributed by atoms with Crippen molar-refractivity contribution in [3.63, 3.8) is 0 Å². The molecule has 0 fully saturated rings. The highest BCUT2D eigenvalue weighted by Gasteiger charge is 2.06. The van der Waals surface area contributed by atoms with Crippen LogP contribution in [0, 0.1) is 0 Å². The second kappa shape index (κ2) is 7.55. The third-order valence-electron chi connectivity index (χ3n) is 2.30. The number of benzene rings is 1. The van der Waals surface area contributed by atoms with Gasteiger partial charge in [-0.2, -0.15) is 0 Å². The molecule has 1 rings (SSSR count). The van der Waals surface area contributed by atoms with E-state index in [1.165, 1.54) is 11.1 Å². The average Bonchev–Trinajstić information content (AvgIpc) is 2.25. The number of rotatable bonds is 5. The fourth-order valence-corrected chi connectivity index (χ4v) is 1.54. The van der Waals surface area contributed by atoms with Gasteiger partial charge < -0.3 is 10.5 Å². The normalized spacial score (nSPS) is 9.53. The van der Waals surface area contributed by atoms with Crippen LogP contribution >= 0.6 is 12.4 Å². The molecule has 0 spiro atoms. The first kappa shape index (κ1) is 14.3. The third-order valence-corrected chi connectivity index (χ3v) is 2.30. The summed E-state index contributed by atoms with van der Waals surface area (Å²) in [5, 5.41) is 0. The fourth-order valence-electron chi connectivity index (χ4n) is 1.54. The van der Waals surface area contributed by atoms with Crippen LogP contribution in [-0.4, -0.2) is 13.2 Å². The Bertz CT molecular complexity index is 267. The zero-order valence-electron chi connectivity index (χ0n) is 9.45. The lowest BCUT2D eigenvalue weighted by Crippen LogP contribution is -2.12. The van der Waals surface area contributed by atoms with Gasteiger partial charge in [-0.25, -0.2) is 0 Å². The molecule has 0 aliphatic carbocycles. The molecular formula is C12H20ClNO. The molecule has 2 nitrogen and oxygen atoms in total. The molecule has 15 heavy (non-hydrogen) atoms. The van der Waals surface area contributed by atoms with E-state index < -0.39 is 0 Å². The third kappa shape index (κ3) is 3.73. The van der Waals surface area contributed by atoms with Gasteiger partial charge in [-0.15, -0.1) is 12.4 Å². The lowest BCUT2D eigenvalue weighted by Gasteiger charge is -2.13. The molecule has 0 aromatic heterocycles. The zero-order valence-corrected chi connectivity index (χ0v) is 10.3. The van der Waals surface area contributed by atoms with Crippen LogP contribution in [0.2, 0.25) is 0 Å². The molecular weight excluding hydrogens is 210 g/mol. The van der Waals surface area contributed by atoms with E-state index in [-0.39, 0.29) is 12.4 Å². The molecule has 0 bridgehead atoms. The largest absolute Gasteiger partial charge is 0.492 e. The van der Waals surface area contributed by atoms with Gasteiger partial charge in [0, 0.05) is 6.54 Å². The molecule has 0 heterocycles. The SMILES string of the molecule is CCc1cccc(CC)c1OCCN.Cl. The van der Waals surface area contributed by atoms with Crippen molar-refractivity contribution in [2.45, 2.75) is 26.7 Å². The average molecular weight is 230 g/mol. The summed E-state index contributed by atoms with van der Waals surface area (Å²) in [5.74, 6) is 1.04. The van der Waals surface area contributed by atoms with Crippen molar-refractivity contribution >= 4 is 12.4 Å². The molecule has 0 saturated heterocycles. The second-order valence-electron chi connectivity index (χ2n) is 3.25. The first-order valence-corrected chi connectivity index (χ1v) is 5.27. The minimum absolute atomic E-state index is 0. The minimum Gasteiger partial charge on any atom is -0.492 e. The molecule has 0 aliphatic rings. The molecule has 0 atom stereocenters. The van der Waals surface area contributed by atoms with E-state index in [0.717, 1.165) is 18.6 Å². The van der Waals surface area contributed by atoms with Crippen molar-refractivity contribution < 1.29 is 4.74 Å². The molecule has 0 aliphatic heterocycles. The van der Waals surface area contributed by atoms with Gasteiger partial charge in [0.2, 0.25) is 0 Å². The summed E-state index contributed by atoms with van der Waals surface area (Å²) in [6.45, 7) is 5.46. The number of ether oxygens (including phenoxy) is 1. The smallest absolute Gasteiger partial charge is 0.125 e. The number of para-hydroxylation sites is 1. The number of nitrogens with two attached hydrogens (primary N) is 1. The van der Waals surface area contributed by atoms with Crippen LogP contribution in [0.25, 0.3) is 0 Å². The van der Waals surface area contributed by atoms with Crippen molar-refractivity contribution in [1.82, 2.24) is 0 Å². The first-order valence-electron chi connectivity index (χ1n) is 5.27. The van der Waals surface area contributed by atoms with Gasteiger partial charge in [0.05, 0.1) is 0 Å². The van der Waals surface area contributed by atoms with Crippen molar-refractivity contribution in [3.05, 3.63) is 29.3 Å². The quantitative estimate of drug-likeness (QED) is 0.843. The van der Waals surface area contributed by atoms with Crippen molar-refractivity contribution in [1.29, 1.82) is 0 Å². The molecule has 0 saturated carbocycles. The van der Waals surface area contributed by atoms with Gasteiger partial charge >= 0.3 is 0 Å². The van der Waals surface area contributed by atoms with Gasteiger partial charge in [0.15, 0.2) is 0 Å². The summed E-state index contributed by atoms with van der Waals surface area (Å²) in [6, 6.07) is 6.32. The molecule has 0 unspecified atom stereocenters. The predicted molar refractivity (Wildman–Crippen MR) is 67.0 cm³/mol. The van der Waals surface area contributed by atoms with E-state index in [1.54, 1.807) is 0 Å². The van der Waals surface area contributed by atoms with Gasteiger partial charge in [0.1, 0.15) is 12.4 Å². The maximum absolute atomic E-state index is 5.67. The number of halogens is 1. The Hall–Kier alpha value is -0.730. The number of hydrogen-bond donors (Lipinski definition) is 1. The number of aryl methyl sites for hydroxylation is 2. The minimum atomic E-state index is 0. The van der Waals surface area contributed by atoms with Crippen molar-refractivity contribution in [3.8, 4) is 5.75 Å². The summed E-state index contributed by atoms with van der Waals surface area (Å²) in [4.78, 5) is 0. The van der Waals surface area contributed by atoms with E-state index in [4.69, 9.17) is 10.5 Å². The second-order valence-corrected chi connectivity index (χ2v) is 3.25. The topological polar surface area (TPSA) is 35.2 Å². The van der Waals surface area contributed by atoms with E-state index >= 15 is 0 Å². The first-order chi connectivity index (χ1) is 6.83. The Labute approximate surface area is 98.2 Å². The monoisotopic (exact) mass is 229 g/mol. The standard InChI is InChI=1S/C12H19NO.ClH/c1-3-10-6-5-7-11(4-2)12(10)14-9-8-13;/h5-7H,3-4,8-9,13H2,1-2H3;1H. The van der Waals surface area contributed by atoms with Crippen LogP contribution in [0.5, 0.6) is 5.75 Å². The van der Waals surface area contributed by atoms with Gasteiger partial charge in [-0.05, 0) is 24.0 Å². The summed E-state index contributed by atoms with van der Waals surface area (Å²) in [5.41, 5.74) is 7.99.